The summed E-state index contributed by atoms with van der Waals surface area (Å²) in [5, 5.41) is 0. The van der Waals surface area contributed by atoms with E-state index in [4.69, 9.17) is 0 Å². The average molecular weight is 300 g/mol. The van der Waals surface area contributed by atoms with E-state index in [1.807, 2.05) is 12.3 Å². The summed E-state index contributed by atoms with van der Waals surface area (Å²) < 4.78 is 1.10. The molecular formula is C13H22BrN3. The molecule has 1 unspecified atom stereocenters. The van der Waals surface area contributed by atoms with Gasteiger partial charge in [-0.2, -0.15) is 0 Å². The fourth-order valence-electron chi connectivity index (χ4n) is 2.02. The summed E-state index contributed by atoms with van der Waals surface area (Å²) in [7, 11) is 4.20. The minimum absolute atomic E-state index is 0.445. The molecule has 0 aliphatic heterocycles. The van der Waals surface area contributed by atoms with Crippen molar-refractivity contribution in [3.05, 3.63) is 22.3 Å². The molecule has 1 rings (SSSR count). The summed E-state index contributed by atoms with van der Waals surface area (Å²) in [6, 6.07) is 2.47. The van der Waals surface area contributed by atoms with Crippen molar-refractivity contribution in [2.24, 2.45) is 0 Å². The fraction of sp³-hybridized carbons (Fsp3) is 0.615. The van der Waals surface area contributed by atoms with Gasteiger partial charge in [0, 0.05) is 25.3 Å². The van der Waals surface area contributed by atoms with E-state index >= 15 is 0 Å². The monoisotopic (exact) mass is 299 g/mol. The molecule has 17 heavy (non-hydrogen) atoms. The van der Waals surface area contributed by atoms with Crippen LogP contribution in [-0.4, -0.2) is 43.1 Å². The highest BCUT2D eigenvalue weighted by Gasteiger charge is 2.17. The van der Waals surface area contributed by atoms with Gasteiger partial charge in [0.05, 0.1) is 4.47 Å². The van der Waals surface area contributed by atoms with Crippen LogP contribution >= 0.6 is 15.9 Å². The standard InChI is InChI=1S/C13H22BrN3/c1-6-17(11(3)9-16(4)5)13-12(14)10(2)7-8-15-13/h7-8,11H,6,9H2,1-5H3. The molecule has 3 nitrogen and oxygen atoms in total. The lowest BCUT2D eigenvalue weighted by Gasteiger charge is -2.32. The number of aromatic nitrogens is 1. The first kappa shape index (κ1) is 14.5. The molecule has 4 heteroatoms. The van der Waals surface area contributed by atoms with Crippen LogP contribution in [0.2, 0.25) is 0 Å². The molecule has 0 aromatic carbocycles. The van der Waals surface area contributed by atoms with Gasteiger partial charge in [0.15, 0.2) is 0 Å². The number of rotatable bonds is 5. The van der Waals surface area contributed by atoms with Crippen molar-refractivity contribution in [3.8, 4) is 0 Å². The number of aryl methyl sites for hydroxylation is 1. The number of anilines is 1. The van der Waals surface area contributed by atoms with Crippen LogP contribution in [-0.2, 0) is 0 Å². The highest BCUT2D eigenvalue weighted by molar-refractivity contribution is 9.10. The Morgan fingerprint density at radius 2 is 2.06 bits per heavy atom. The highest BCUT2D eigenvalue weighted by Crippen LogP contribution is 2.28. The Morgan fingerprint density at radius 1 is 1.41 bits per heavy atom. The van der Waals surface area contributed by atoms with Gasteiger partial charge < -0.3 is 9.80 Å². The average Bonchev–Trinajstić information content (AvgIpc) is 2.24. The third-order valence-electron chi connectivity index (χ3n) is 2.84. The van der Waals surface area contributed by atoms with Crippen LogP contribution in [0, 0.1) is 6.92 Å². The summed E-state index contributed by atoms with van der Waals surface area (Å²) >= 11 is 3.64. The molecule has 0 radical (unpaired) electrons. The molecule has 1 heterocycles. The number of hydrogen-bond donors (Lipinski definition) is 0. The lowest BCUT2D eigenvalue weighted by Crippen LogP contribution is -2.40. The Hall–Kier alpha value is -0.610. The second-order valence-corrected chi connectivity index (χ2v) is 5.46. The van der Waals surface area contributed by atoms with Crippen molar-refractivity contribution in [1.82, 2.24) is 9.88 Å². The molecule has 1 aromatic rings. The minimum atomic E-state index is 0.445. The third kappa shape index (κ3) is 3.68. The maximum Gasteiger partial charge on any atom is 0.143 e. The van der Waals surface area contributed by atoms with Gasteiger partial charge in [0.25, 0.3) is 0 Å². The lowest BCUT2D eigenvalue weighted by atomic mass is 10.2. The molecule has 0 amide bonds. The molecule has 0 bridgehead atoms. The Balaban J connectivity index is 2.97. The topological polar surface area (TPSA) is 19.4 Å². The van der Waals surface area contributed by atoms with Gasteiger partial charge >= 0.3 is 0 Å². The smallest absolute Gasteiger partial charge is 0.143 e. The third-order valence-corrected chi connectivity index (χ3v) is 3.82. The molecular weight excluding hydrogens is 278 g/mol. The van der Waals surface area contributed by atoms with E-state index in [0.29, 0.717) is 6.04 Å². The van der Waals surface area contributed by atoms with E-state index in [2.05, 4.69) is 65.6 Å². The first-order chi connectivity index (χ1) is 7.97. The van der Waals surface area contributed by atoms with Crippen LogP contribution in [0.3, 0.4) is 0 Å². The van der Waals surface area contributed by atoms with Crippen molar-refractivity contribution >= 4 is 21.7 Å². The maximum atomic E-state index is 4.50. The Morgan fingerprint density at radius 3 is 2.59 bits per heavy atom. The van der Waals surface area contributed by atoms with E-state index < -0.39 is 0 Å². The first-order valence-electron chi connectivity index (χ1n) is 5.99. The number of halogens is 1. The minimum Gasteiger partial charge on any atom is -0.352 e. The van der Waals surface area contributed by atoms with E-state index in [9.17, 15) is 0 Å². The zero-order valence-electron chi connectivity index (χ0n) is 11.4. The molecule has 0 saturated carbocycles. The van der Waals surface area contributed by atoms with Gasteiger partial charge in [-0.25, -0.2) is 4.98 Å². The first-order valence-corrected chi connectivity index (χ1v) is 6.79. The molecule has 0 saturated heterocycles. The van der Waals surface area contributed by atoms with Gasteiger partial charge in [-0.3, -0.25) is 0 Å². The molecule has 0 aliphatic rings. The number of likely N-dealkylation sites (N-methyl/N-ethyl adjacent to an activating group) is 2. The molecule has 1 atom stereocenters. The maximum absolute atomic E-state index is 4.50. The molecule has 0 N–H and O–H groups in total. The molecule has 0 aliphatic carbocycles. The summed E-state index contributed by atoms with van der Waals surface area (Å²) in [5.41, 5.74) is 1.23. The van der Waals surface area contributed by atoms with Crippen molar-refractivity contribution in [2.75, 3.05) is 32.1 Å². The van der Waals surface area contributed by atoms with E-state index in [-0.39, 0.29) is 0 Å². The predicted molar refractivity (Wildman–Crippen MR) is 77.7 cm³/mol. The second kappa shape index (κ2) is 6.36. The van der Waals surface area contributed by atoms with Gasteiger partial charge in [-0.15, -0.1) is 0 Å². The largest absolute Gasteiger partial charge is 0.352 e. The van der Waals surface area contributed by atoms with Crippen molar-refractivity contribution in [2.45, 2.75) is 26.8 Å². The Labute approximate surface area is 113 Å². The van der Waals surface area contributed by atoms with Crippen LogP contribution in [0.15, 0.2) is 16.7 Å². The quantitative estimate of drug-likeness (QED) is 0.833. The van der Waals surface area contributed by atoms with E-state index in [1.165, 1.54) is 5.56 Å². The number of hydrogen-bond acceptors (Lipinski definition) is 3. The summed E-state index contributed by atoms with van der Waals surface area (Å²) in [6.45, 7) is 8.49. The van der Waals surface area contributed by atoms with Crippen LogP contribution in [0.5, 0.6) is 0 Å². The summed E-state index contributed by atoms with van der Waals surface area (Å²) in [6.07, 6.45) is 1.88. The van der Waals surface area contributed by atoms with Gasteiger partial charge in [0.2, 0.25) is 0 Å². The van der Waals surface area contributed by atoms with Crippen molar-refractivity contribution < 1.29 is 0 Å². The van der Waals surface area contributed by atoms with Crippen LogP contribution < -0.4 is 4.90 Å². The van der Waals surface area contributed by atoms with Crippen LogP contribution in [0.1, 0.15) is 19.4 Å². The molecule has 1 aromatic heterocycles. The van der Waals surface area contributed by atoms with Crippen LogP contribution in [0.25, 0.3) is 0 Å². The number of pyridine rings is 1. The second-order valence-electron chi connectivity index (χ2n) is 4.66. The highest BCUT2D eigenvalue weighted by atomic mass is 79.9. The van der Waals surface area contributed by atoms with Gasteiger partial charge in [-0.05, 0) is 62.4 Å². The van der Waals surface area contributed by atoms with Gasteiger partial charge in [0.1, 0.15) is 5.82 Å². The summed E-state index contributed by atoms with van der Waals surface area (Å²) in [5.74, 6) is 1.04. The van der Waals surface area contributed by atoms with E-state index in [1.54, 1.807) is 0 Å². The zero-order valence-corrected chi connectivity index (χ0v) is 13.0. The van der Waals surface area contributed by atoms with Crippen LogP contribution in [0.4, 0.5) is 5.82 Å². The van der Waals surface area contributed by atoms with Crippen molar-refractivity contribution in [1.29, 1.82) is 0 Å². The molecule has 0 spiro atoms. The molecule has 0 fully saturated rings. The van der Waals surface area contributed by atoms with Gasteiger partial charge in [-0.1, -0.05) is 0 Å². The Kier molecular flexibility index (Phi) is 5.40. The fourth-order valence-corrected chi connectivity index (χ4v) is 2.49. The predicted octanol–water partition coefficient (Wildman–Crippen LogP) is 2.93. The van der Waals surface area contributed by atoms with E-state index in [0.717, 1.165) is 23.4 Å². The molecule has 96 valence electrons. The Bertz CT molecular complexity index is 366. The normalized spacial score (nSPS) is 12.9. The summed E-state index contributed by atoms with van der Waals surface area (Å²) in [4.78, 5) is 9.03. The number of nitrogens with zero attached hydrogens (tertiary/aromatic N) is 3. The lowest BCUT2D eigenvalue weighted by molar-refractivity contribution is 0.372. The zero-order chi connectivity index (χ0) is 13.0. The van der Waals surface area contributed by atoms with Crippen molar-refractivity contribution in [3.63, 3.8) is 0 Å². The SMILES string of the molecule is CCN(c1nccc(C)c1Br)C(C)CN(C)C.